The monoisotopic (exact) mass is 365 g/mol. The van der Waals surface area contributed by atoms with Crippen molar-refractivity contribution in [1.29, 1.82) is 0 Å². The van der Waals surface area contributed by atoms with Crippen LogP contribution in [0.4, 0.5) is 0 Å². The van der Waals surface area contributed by atoms with Crippen molar-refractivity contribution in [1.82, 2.24) is 10.2 Å². The Kier molecular flexibility index (Phi) is 9.03. The van der Waals surface area contributed by atoms with Gasteiger partial charge < -0.3 is 0 Å². The zero-order valence-corrected chi connectivity index (χ0v) is 12.4. The molecule has 0 bridgehead atoms. The molecule has 0 fully saturated rings. The van der Waals surface area contributed by atoms with Gasteiger partial charge in [-0.15, -0.1) is 0 Å². The summed E-state index contributed by atoms with van der Waals surface area (Å²) in [5.74, 6) is 0. The quantitative estimate of drug-likeness (QED) is 0.673. The van der Waals surface area contributed by atoms with Gasteiger partial charge in [-0.2, -0.15) is 0 Å². The molecular formula is C9H21N2Pb. The Balaban J connectivity index is 3.53. The molecule has 3 heteroatoms. The molecule has 1 N–H and O–H groups in total. The summed E-state index contributed by atoms with van der Waals surface area (Å²) in [6.07, 6.45) is 1.27. The summed E-state index contributed by atoms with van der Waals surface area (Å²) in [4.78, 5) is 2.53. The molecule has 0 aromatic heterocycles. The Morgan fingerprint density at radius 1 is 1.33 bits per heavy atom. The van der Waals surface area contributed by atoms with Crippen LogP contribution in [0.5, 0.6) is 0 Å². The molecule has 0 saturated heterocycles. The third-order valence-electron chi connectivity index (χ3n) is 1.88. The van der Waals surface area contributed by atoms with E-state index in [4.69, 9.17) is 0 Å². The number of hydrogen-bond donors (Lipinski definition) is 1. The maximum atomic E-state index is 3.49. The zero-order chi connectivity index (χ0) is 9.40. The van der Waals surface area contributed by atoms with Gasteiger partial charge in [0.2, 0.25) is 0 Å². The Morgan fingerprint density at radius 3 is 2.42 bits per heavy atom. The molecule has 0 aliphatic carbocycles. The van der Waals surface area contributed by atoms with Crippen molar-refractivity contribution in [3.8, 4) is 0 Å². The van der Waals surface area contributed by atoms with Crippen LogP contribution < -0.4 is 5.32 Å². The Labute approximate surface area is 92.8 Å². The first-order valence-corrected chi connectivity index (χ1v) is 7.15. The standard InChI is InChI=1S/C9H21N2.Pb/c1-4-8-11(6-3)9-7-10-5-2;/h7,10H,4-6,8-9H2,1-3H3;. The van der Waals surface area contributed by atoms with Gasteiger partial charge in [-0.25, -0.2) is 0 Å². The van der Waals surface area contributed by atoms with Gasteiger partial charge in [0.15, 0.2) is 0 Å². The van der Waals surface area contributed by atoms with Crippen molar-refractivity contribution < 1.29 is 0 Å². The number of likely N-dealkylation sites (N-methyl/N-ethyl adjacent to an activating group) is 2. The number of hydrogen-bond acceptors (Lipinski definition) is 2. The van der Waals surface area contributed by atoms with Gasteiger partial charge in [0.05, 0.1) is 0 Å². The zero-order valence-electron chi connectivity index (χ0n) is 8.56. The van der Waals surface area contributed by atoms with E-state index >= 15 is 0 Å². The van der Waals surface area contributed by atoms with Crippen molar-refractivity contribution >= 4 is 25.8 Å². The van der Waals surface area contributed by atoms with Crippen LogP contribution >= 0.6 is 0 Å². The molecule has 3 radical (unpaired) electrons. The predicted molar refractivity (Wildman–Crippen MR) is 55.6 cm³/mol. The first-order valence-electron chi connectivity index (χ1n) is 4.91. The fourth-order valence-corrected chi connectivity index (χ4v) is 3.06. The van der Waals surface area contributed by atoms with Crippen LogP contribution in [0.3, 0.4) is 0 Å². The molecular weight excluding hydrogens is 343 g/mol. The molecule has 0 saturated carbocycles. The van der Waals surface area contributed by atoms with Gasteiger partial charge in [-0.3, -0.25) is 0 Å². The van der Waals surface area contributed by atoms with Crippen LogP contribution in [0.25, 0.3) is 0 Å². The van der Waals surface area contributed by atoms with Crippen LogP contribution in [0.1, 0.15) is 27.2 Å². The maximum absolute atomic E-state index is 3.49. The van der Waals surface area contributed by atoms with E-state index in [1.807, 2.05) is 0 Å². The summed E-state index contributed by atoms with van der Waals surface area (Å²) in [5.41, 5.74) is 0. The van der Waals surface area contributed by atoms with Gasteiger partial charge in [-0.05, 0) is 0 Å². The third kappa shape index (κ3) is 6.37. The van der Waals surface area contributed by atoms with E-state index in [0.29, 0.717) is 0 Å². The van der Waals surface area contributed by atoms with Crippen molar-refractivity contribution in [2.24, 2.45) is 0 Å². The molecule has 0 aliphatic heterocycles. The average molecular weight is 364 g/mol. The summed E-state index contributed by atoms with van der Waals surface area (Å²) in [6.45, 7) is 11.5. The van der Waals surface area contributed by atoms with Gasteiger partial charge in [0.1, 0.15) is 0 Å². The SMILES string of the molecule is CCCN(CC)C[CH]([Pb])NCC. The normalized spacial score (nSPS) is 13.8. The first-order chi connectivity index (χ1) is 5.74. The van der Waals surface area contributed by atoms with Crippen molar-refractivity contribution in [2.45, 2.75) is 30.8 Å². The van der Waals surface area contributed by atoms with Gasteiger partial charge in [0.25, 0.3) is 0 Å². The van der Waals surface area contributed by atoms with E-state index in [1.165, 1.54) is 51.8 Å². The summed E-state index contributed by atoms with van der Waals surface area (Å²) in [5, 5.41) is 3.49. The van der Waals surface area contributed by atoms with E-state index < -0.39 is 0 Å². The molecule has 0 spiro atoms. The topological polar surface area (TPSA) is 15.3 Å². The molecule has 2 nitrogen and oxygen atoms in total. The molecule has 1 unspecified atom stereocenters. The second-order valence-corrected chi connectivity index (χ2v) is 5.71. The fourth-order valence-electron chi connectivity index (χ4n) is 1.26. The molecule has 1 atom stereocenters. The number of nitrogens with zero attached hydrogens (tertiary/aromatic N) is 1. The van der Waals surface area contributed by atoms with E-state index in [1.54, 1.807) is 0 Å². The van der Waals surface area contributed by atoms with Crippen molar-refractivity contribution in [3.05, 3.63) is 0 Å². The summed E-state index contributed by atoms with van der Waals surface area (Å²) >= 11 is 1.26. The van der Waals surface area contributed by atoms with E-state index in [9.17, 15) is 0 Å². The summed E-state index contributed by atoms with van der Waals surface area (Å²) in [6, 6.07) is 0. The molecule has 0 rings (SSSR count). The molecule has 71 valence electrons. The first kappa shape index (κ1) is 12.8. The Hall–Kier alpha value is 0.842. The van der Waals surface area contributed by atoms with Crippen LogP contribution in [-0.4, -0.2) is 60.4 Å². The van der Waals surface area contributed by atoms with E-state index in [2.05, 4.69) is 31.0 Å². The van der Waals surface area contributed by atoms with Crippen LogP contribution in [0.15, 0.2) is 0 Å². The van der Waals surface area contributed by atoms with Gasteiger partial charge >= 0.3 is 93.0 Å². The second-order valence-electron chi connectivity index (χ2n) is 3.00. The summed E-state index contributed by atoms with van der Waals surface area (Å²) < 4.78 is 0.765. The van der Waals surface area contributed by atoms with Gasteiger partial charge in [0, 0.05) is 0 Å². The van der Waals surface area contributed by atoms with Gasteiger partial charge in [-0.1, -0.05) is 0 Å². The minimum atomic E-state index is 0.765. The number of rotatable bonds is 7. The molecule has 0 amide bonds. The average Bonchev–Trinajstić information content (AvgIpc) is 2.04. The Morgan fingerprint density at radius 2 is 2.00 bits per heavy atom. The second kappa shape index (κ2) is 8.44. The number of nitrogens with one attached hydrogen (secondary N) is 1. The van der Waals surface area contributed by atoms with Crippen LogP contribution in [-0.2, 0) is 0 Å². The van der Waals surface area contributed by atoms with Crippen LogP contribution in [0, 0.1) is 0 Å². The predicted octanol–water partition coefficient (Wildman–Crippen LogP) is 0.822. The molecule has 0 aliphatic rings. The fraction of sp³-hybridized carbons (Fsp3) is 1.00. The molecule has 0 aromatic rings. The minimum absolute atomic E-state index is 0.765. The van der Waals surface area contributed by atoms with Crippen molar-refractivity contribution in [2.75, 3.05) is 26.2 Å². The molecule has 12 heavy (non-hydrogen) atoms. The Bertz CT molecular complexity index is 98.5. The molecule has 0 heterocycles. The van der Waals surface area contributed by atoms with Crippen LogP contribution in [0.2, 0.25) is 0 Å². The molecule has 0 aromatic carbocycles. The van der Waals surface area contributed by atoms with E-state index in [-0.39, 0.29) is 0 Å². The van der Waals surface area contributed by atoms with Crippen molar-refractivity contribution in [3.63, 3.8) is 0 Å². The van der Waals surface area contributed by atoms with E-state index in [0.717, 1.165) is 10.1 Å². The third-order valence-corrected chi connectivity index (χ3v) is 3.38. The summed E-state index contributed by atoms with van der Waals surface area (Å²) in [7, 11) is 0.